The Bertz CT molecular complexity index is 1630. The molecule has 2 aromatic rings. The standard InChI is InChI=1S/C38H60N12O6/c1-5-23(4)31(49-33(52)26(39)18-24-11-7-6-8-12-24)36(55)46-27(13-9-15-44-38(41)42)34(53)47-28(17-22(2)3)35(54)48-29(19-25-20-43-21-45-25)37(56)50-16-10-14-30(50)32(40)51/h6-8,11-12,20-23,26-31H,5,9-10,13-19,39H2,1-4H3,(H2,40,51)(H,43,45)(H,46,55)(H,47,53)(H,48,54)(H,49,52)(H4,41,42,44)/t23-,26-,27-,28-,29-,30-,31-/m0/s1. The summed E-state index contributed by atoms with van der Waals surface area (Å²) in [5.41, 5.74) is 24.2. The first-order valence-corrected chi connectivity index (χ1v) is 19.2. The molecule has 7 atom stereocenters. The molecule has 1 aliphatic heterocycles. The molecule has 0 bridgehead atoms. The van der Waals surface area contributed by atoms with E-state index in [1.165, 1.54) is 17.4 Å². The van der Waals surface area contributed by atoms with Crippen molar-refractivity contribution in [2.24, 2.45) is 39.8 Å². The molecule has 13 N–H and O–H groups in total. The van der Waals surface area contributed by atoms with Gasteiger partial charge in [0.1, 0.15) is 30.2 Å². The quantitative estimate of drug-likeness (QED) is 0.0402. The van der Waals surface area contributed by atoms with Crippen LogP contribution in [0.1, 0.15) is 77.5 Å². The molecule has 18 heteroatoms. The number of hydrogen-bond acceptors (Lipinski definition) is 9. The Balaban J connectivity index is 1.83. The average Bonchev–Trinajstić information content (AvgIpc) is 3.87. The second-order valence-electron chi connectivity index (χ2n) is 14.8. The molecule has 308 valence electrons. The second-order valence-corrected chi connectivity index (χ2v) is 14.8. The zero-order chi connectivity index (χ0) is 41.4. The third-order valence-corrected chi connectivity index (χ3v) is 9.80. The first-order chi connectivity index (χ1) is 26.6. The summed E-state index contributed by atoms with van der Waals surface area (Å²) in [5.74, 6) is -4.09. The van der Waals surface area contributed by atoms with E-state index in [0.29, 0.717) is 31.5 Å². The Morgan fingerprint density at radius 3 is 2.16 bits per heavy atom. The molecule has 18 nitrogen and oxygen atoms in total. The Kier molecular flexibility index (Phi) is 17.7. The molecular weight excluding hydrogens is 720 g/mol. The Labute approximate surface area is 328 Å². The number of nitrogens with zero attached hydrogens (tertiary/aromatic N) is 3. The number of rotatable bonds is 22. The van der Waals surface area contributed by atoms with Crippen molar-refractivity contribution in [1.29, 1.82) is 0 Å². The minimum atomic E-state index is -1.16. The zero-order valence-electron chi connectivity index (χ0n) is 32.8. The number of imidazole rings is 1. The van der Waals surface area contributed by atoms with Crippen molar-refractivity contribution in [3.05, 3.63) is 54.1 Å². The number of H-pyrrole nitrogens is 1. The molecule has 1 aromatic carbocycles. The van der Waals surface area contributed by atoms with Crippen molar-refractivity contribution in [2.75, 3.05) is 13.1 Å². The number of benzene rings is 1. The molecule has 1 aliphatic rings. The summed E-state index contributed by atoms with van der Waals surface area (Å²) in [7, 11) is 0. The van der Waals surface area contributed by atoms with Gasteiger partial charge in [-0.05, 0) is 55.9 Å². The number of aliphatic imine (C=N–C) groups is 1. The molecule has 1 aromatic heterocycles. The lowest BCUT2D eigenvalue weighted by atomic mass is 9.96. The van der Waals surface area contributed by atoms with Gasteiger partial charge in [0.05, 0.1) is 12.4 Å². The Hall–Kier alpha value is -5.52. The largest absolute Gasteiger partial charge is 0.370 e. The molecule has 0 spiro atoms. The van der Waals surface area contributed by atoms with E-state index in [-0.39, 0.29) is 56.4 Å². The summed E-state index contributed by atoms with van der Waals surface area (Å²) in [5, 5.41) is 11.2. The maximum absolute atomic E-state index is 14.1. The molecule has 0 radical (unpaired) electrons. The minimum absolute atomic E-state index is 0.0378. The van der Waals surface area contributed by atoms with Gasteiger partial charge in [0.15, 0.2) is 5.96 Å². The number of carbonyl (C=O) groups is 6. The lowest BCUT2D eigenvalue weighted by Crippen LogP contribution is -2.60. The third-order valence-electron chi connectivity index (χ3n) is 9.80. The fourth-order valence-electron chi connectivity index (χ4n) is 6.55. The summed E-state index contributed by atoms with van der Waals surface area (Å²) in [6, 6.07) is 3.10. The molecule has 1 fully saturated rings. The fourth-order valence-corrected chi connectivity index (χ4v) is 6.55. The highest BCUT2D eigenvalue weighted by Crippen LogP contribution is 2.19. The van der Waals surface area contributed by atoms with Gasteiger partial charge >= 0.3 is 0 Å². The van der Waals surface area contributed by atoms with E-state index in [9.17, 15) is 28.8 Å². The summed E-state index contributed by atoms with van der Waals surface area (Å²) >= 11 is 0. The Morgan fingerprint density at radius 1 is 0.893 bits per heavy atom. The number of aromatic nitrogens is 2. The van der Waals surface area contributed by atoms with Gasteiger partial charge in [0.2, 0.25) is 35.4 Å². The number of guanidine groups is 1. The topological polar surface area (TPSA) is 299 Å². The van der Waals surface area contributed by atoms with Crippen molar-refractivity contribution in [1.82, 2.24) is 36.1 Å². The van der Waals surface area contributed by atoms with Crippen LogP contribution in [0.15, 0.2) is 47.8 Å². The van der Waals surface area contributed by atoms with E-state index in [1.54, 1.807) is 6.92 Å². The molecule has 1 saturated heterocycles. The number of primary amides is 1. The molecule has 2 heterocycles. The molecule has 0 saturated carbocycles. The van der Waals surface area contributed by atoms with E-state index in [2.05, 4.69) is 36.2 Å². The smallest absolute Gasteiger partial charge is 0.246 e. The highest BCUT2D eigenvalue weighted by atomic mass is 16.2. The van der Waals surface area contributed by atoms with E-state index >= 15 is 0 Å². The molecule has 6 amide bonds. The summed E-state index contributed by atoms with van der Waals surface area (Å²) in [4.78, 5) is 93.5. The molecular formula is C38H60N12O6. The van der Waals surface area contributed by atoms with Crippen LogP contribution in [0.2, 0.25) is 0 Å². The van der Waals surface area contributed by atoms with Crippen LogP contribution < -0.4 is 44.2 Å². The molecule has 3 rings (SSSR count). The van der Waals surface area contributed by atoms with Gasteiger partial charge < -0.3 is 54.1 Å². The molecule has 0 aliphatic carbocycles. The van der Waals surface area contributed by atoms with Crippen molar-refractivity contribution < 1.29 is 28.8 Å². The van der Waals surface area contributed by atoms with Crippen molar-refractivity contribution in [2.45, 2.75) is 115 Å². The summed E-state index contributed by atoms with van der Waals surface area (Å²) < 4.78 is 0. The van der Waals surface area contributed by atoms with E-state index in [0.717, 1.165) is 5.56 Å². The van der Waals surface area contributed by atoms with Crippen molar-refractivity contribution in [3.8, 4) is 0 Å². The van der Waals surface area contributed by atoms with Gasteiger partial charge in [0.25, 0.3) is 0 Å². The fraction of sp³-hybridized carbons (Fsp3) is 0.579. The van der Waals surface area contributed by atoms with Crippen molar-refractivity contribution >= 4 is 41.4 Å². The molecule has 0 unspecified atom stereocenters. The Morgan fingerprint density at radius 2 is 1.55 bits per heavy atom. The van der Waals surface area contributed by atoms with Gasteiger partial charge in [-0.1, -0.05) is 64.4 Å². The molecule has 56 heavy (non-hydrogen) atoms. The second kappa shape index (κ2) is 22.1. The first-order valence-electron chi connectivity index (χ1n) is 19.2. The van der Waals surface area contributed by atoms with E-state index < -0.39 is 71.7 Å². The highest BCUT2D eigenvalue weighted by Gasteiger charge is 2.38. The highest BCUT2D eigenvalue weighted by molar-refractivity contribution is 5.97. The number of nitrogens with two attached hydrogens (primary N) is 4. The van der Waals surface area contributed by atoms with E-state index in [4.69, 9.17) is 22.9 Å². The minimum Gasteiger partial charge on any atom is -0.370 e. The first kappa shape index (κ1) is 44.9. The number of amides is 6. The summed E-state index contributed by atoms with van der Waals surface area (Å²) in [6.07, 6.45) is 5.35. The number of hydrogen-bond donors (Lipinski definition) is 9. The van der Waals surface area contributed by atoms with Gasteiger partial charge in [-0.15, -0.1) is 0 Å². The maximum Gasteiger partial charge on any atom is 0.246 e. The summed E-state index contributed by atoms with van der Waals surface area (Å²) in [6.45, 7) is 7.89. The lowest BCUT2D eigenvalue weighted by Gasteiger charge is -2.30. The van der Waals surface area contributed by atoms with Crippen LogP contribution in [0.4, 0.5) is 0 Å². The van der Waals surface area contributed by atoms with Gasteiger partial charge in [-0.25, -0.2) is 4.98 Å². The monoisotopic (exact) mass is 780 g/mol. The van der Waals surface area contributed by atoms with Crippen LogP contribution >= 0.6 is 0 Å². The van der Waals surface area contributed by atoms with Crippen LogP contribution in [0.25, 0.3) is 0 Å². The van der Waals surface area contributed by atoms with E-state index in [1.807, 2.05) is 51.1 Å². The SMILES string of the molecule is CC[C@H](C)[C@H](NC(=O)[C@@H](N)Cc1ccccc1)C(=O)N[C@@H](CCCN=C(N)N)C(=O)N[C@@H](CC(C)C)C(=O)N[C@@H](Cc1cnc[nH]1)C(=O)N1CCC[C@H]1C(N)=O. The van der Waals surface area contributed by atoms with Gasteiger partial charge in [0, 0.05) is 31.4 Å². The zero-order valence-corrected chi connectivity index (χ0v) is 32.8. The number of likely N-dealkylation sites (tertiary alicyclic amines) is 1. The van der Waals surface area contributed by atoms with Crippen LogP contribution in [-0.2, 0) is 41.6 Å². The number of nitrogens with one attached hydrogen (secondary N) is 5. The van der Waals surface area contributed by atoms with Crippen molar-refractivity contribution in [3.63, 3.8) is 0 Å². The van der Waals surface area contributed by atoms with Crippen LogP contribution in [0.5, 0.6) is 0 Å². The third kappa shape index (κ3) is 14.0. The number of carbonyl (C=O) groups excluding carboxylic acids is 6. The normalized spacial score (nSPS) is 17.1. The predicted molar refractivity (Wildman–Crippen MR) is 211 cm³/mol. The van der Waals surface area contributed by atoms with Crippen LogP contribution in [0, 0.1) is 11.8 Å². The predicted octanol–water partition coefficient (Wildman–Crippen LogP) is -0.916. The lowest BCUT2D eigenvalue weighted by molar-refractivity contribution is -0.141. The van der Waals surface area contributed by atoms with Gasteiger partial charge in [-0.3, -0.25) is 33.8 Å². The maximum atomic E-state index is 14.1. The van der Waals surface area contributed by atoms with Gasteiger partial charge in [-0.2, -0.15) is 0 Å². The van der Waals surface area contributed by atoms with Crippen LogP contribution in [-0.4, -0.2) is 106 Å². The number of aromatic amines is 1. The van der Waals surface area contributed by atoms with Crippen LogP contribution in [0.3, 0.4) is 0 Å². The average molecular weight is 781 g/mol.